The lowest BCUT2D eigenvalue weighted by atomic mass is 9.99. The van der Waals surface area contributed by atoms with Crippen molar-refractivity contribution in [2.24, 2.45) is 0 Å². The zero-order chi connectivity index (χ0) is 13.3. The maximum Gasteiger partial charge on any atom is 0.336 e. The molecule has 0 aliphatic heterocycles. The molecular formula is C13H7BrClFO2. The fourth-order valence-electron chi connectivity index (χ4n) is 1.64. The largest absolute Gasteiger partial charge is 0.478 e. The van der Waals surface area contributed by atoms with Gasteiger partial charge >= 0.3 is 5.97 Å². The van der Waals surface area contributed by atoms with Crippen molar-refractivity contribution >= 4 is 33.5 Å². The van der Waals surface area contributed by atoms with Gasteiger partial charge in [0.15, 0.2) is 0 Å². The predicted molar refractivity (Wildman–Crippen MR) is 71.5 cm³/mol. The highest BCUT2D eigenvalue weighted by Gasteiger charge is 2.15. The second kappa shape index (κ2) is 5.08. The number of aromatic carboxylic acids is 1. The Hall–Kier alpha value is -1.39. The maximum atomic E-state index is 13.8. The van der Waals surface area contributed by atoms with Crippen LogP contribution >= 0.6 is 27.5 Å². The average Bonchev–Trinajstić information content (AvgIpc) is 2.29. The third-order valence-electron chi connectivity index (χ3n) is 2.43. The molecule has 2 aromatic carbocycles. The Balaban J connectivity index is 2.67. The fraction of sp³-hybridized carbons (Fsp3) is 0. The quantitative estimate of drug-likeness (QED) is 0.874. The summed E-state index contributed by atoms with van der Waals surface area (Å²) >= 11 is 8.86. The van der Waals surface area contributed by atoms with Crippen molar-refractivity contribution < 1.29 is 14.3 Å². The summed E-state index contributed by atoms with van der Waals surface area (Å²) in [6, 6.07) is 8.80. The molecular weight excluding hydrogens is 322 g/mol. The number of hydrogen-bond donors (Lipinski definition) is 1. The Morgan fingerprint density at radius 2 is 1.83 bits per heavy atom. The molecule has 0 bridgehead atoms. The molecule has 0 aliphatic rings. The number of benzene rings is 2. The van der Waals surface area contributed by atoms with Gasteiger partial charge in [0.25, 0.3) is 0 Å². The van der Waals surface area contributed by atoms with Crippen molar-refractivity contribution in [2.45, 2.75) is 0 Å². The van der Waals surface area contributed by atoms with Crippen molar-refractivity contribution in [3.05, 3.63) is 57.3 Å². The third-order valence-corrected chi connectivity index (χ3v) is 3.16. The van der Waals surface area contributed by atoms with Crippen LogP contribution in [-0.2, 0) is 0 Å². The molecule has 1 N–H and O–H groups in total. The third kappa shape index (κ3) is 2.54. The molecule has 92 valence electrons. The molecule has 0 spiro atoms. The average molecular weight is 330 g/mol. The maximum absolute atomic E-state index is 13.8. The van der Waals surface area contributed by atoms with Crippen LogP contribution in [-0.4, -0.2) is 11.1 Å². The number of carboxylic acid groups (broad SMARTS) is 1. The lowest BCUT2D eigenvalue weighted by Crippen LogP contribution is -2.00. The van der Waals surface area contributed by atoms with Crippen LogP contribution in [0.1, 0.15) is 10.4 Å². The van der Waals surface area contributed by atoms with Crippen LogP contribution in [0.3, 0.4) is 0 Å². The predicted octanol–water partition coefficient (Wildman–Crippen LogP) is 4.61. The molecule has 0 aromatic heterocycles. The van der Waals surface area contributed by atoms with Crippen LogP contribution < -0.4 is 0 Å². The SMILES string of the molecule is O=C(O)c1cc(Br)ccc1-c1ccc(Cl)cc1F. The zero-order valence-electron chi connectivity index (χ0n) is 8.95. The van der Waals surface area contributed by atoms with Crippen LogP contribution in [0.5, 0.6) is 0 Å². The van der Waals surface area contributed by atoms with E-state index in [-0.39, 0.29) is 16.1 Å². The molecule has 2 rings (SSSR count). The van der Waals surface area contributed by atoms with Crippen LogP contribution in [0.2, 0.25) is 5.02 Å². The second-order valence-electron chi connectivity index (χ2n) is 3.62. The molecule has 2 aromatic rings. The molecule has 0 unspecified atom stereocenters. The van der Waals surface area contributed by atoms with E-state index in [4.69, 9.17) is 16.7 Å². The molecule has 2 nitrogen and oxygen atoms in total. The molecule has 0 heterocycles. The van der Waals surface area contributed by atoms with Gasteiger partial charge in [-0.25, -0.2) is 9.18 Å². The number of carbonyl (C=O) groups is 1. The fourth-order valence-corrected chi connectivity index (χ4v) is 2.16. The Morgan fingerprint density at radius 1 is 1.17 bits per heavy atom. The highest BCUT2D eigenvalue weighted by atomic mass is 79.9. The summed E-state index contributed by atoms with van der Waals surface area (Å²) in [5.41, 5.74) is 0.565. The van der Waals surface area contributed by atoms with Gasteiger partial charge in [-0.3, -0.25) is 0 Å². The first-order valence-corrected chi connectivity index (χ1v) is 6.14. The van der Waals surface area contributed by atoms with Crippen molar-refractivity contribution in [1.82, 2.24) is 0 Å². The van der Waals surface area contributed by atoms with Gasteiger partial charge in [-0.1, -0.05) is 33.6 Å². The van der Waals surface area contributed by atoms with Crippen molar-refractivity contribution in [1.29, 1.82) is 0 Å². The van der Waals surface area contributed by atoms with Gasteiger partial charge in [0.05, 0.1) is 5.56 Å². The van der Waals surface area contributed by atoms with Crippen molar-refractivity contribution in [3.8, 4) is 11.1 Å². The van der Waals surface area contributed by atoms with Crippen molar-refractivity contribution in [2.75, 3.05) is 0 Å². The van der Waals surface area contributed by atoms with E-state index < -0.39 is 11.8 Å². The first kappa shape index (κ1) is 13.1. The first-order chi connectivity index (χ1) is 8.49. The van der Waals surface area contributed by atoms with E-state index in [2.05, 4.69) is 15.9 Å². The number of halogens is 3. The normalized spacial score (nSPS) is 10.4. The summed E-state index contributed by atoms with van der Waals surface area (Å²) in [5, 5.41) is 9.40. The molecule has 0 amide bonds. The van der Waals surface area contributed by atoms with Gasteiger partial charge < -0.3 is 5.11 Å². The topological polar surface area (TPSA) is 37.3 Å². The van der Waals surface area contributed by atoms with E-state index >= 15 is 0 Å². The minimum atomic E-state index is -1.11. The van der Waals surface area contributed by atoms with Crippen LogP contribution in [0.25, 0.3) is 11.1 Å². The number of hydrogen-bond acceptors (Lipinski definition) is 1. The summed E-state index contributed by atoms with van der Waals surface area (Å²) in [4.78, 5) is 11.2. The summed E-state index contributed by atoms with van der Waals surface area (Å²) in [5.74, 6) is -1.66. The molecule has 0 atom stereocenters. The molecule has 0 radical (unpaired) electrons. The van der Waals surface area contributed by atoms with Gasteiger partial charge in [0.1, 0.15) is 5.82 Å². The standard InChI is InChI=1S/C13H7BrClFO2/c14-7-1-3-9(11(5-7)13(17)18)10-4-2-8(15)6-12(10)16/h1-6H,(H,17,18). The van der Waals surface area contributed by atoms with Gasteiger partial charge in [-0.05, 0) is 35.9 Å². The molecule has 0 saturated heterocycles. The zero-order valence-corrected chi connectivity index (χ0v) is 11.3. The van der Waals surface area contributed by atoms with Crippen LogP contribution in [0, 0.1) is 5.82 Å². The second-order valence-corrected chi connectivity index (χ2v) is 4.97. The summed E-state index contributed by atoms with van der Waals surface area (Å²) in [7, 11) is 0. The van der Waals surface area contributed by atoms with Gasteiger partial charge in [0.2, 0.25) is 0 Å². The molecule has 0 saturated carbocycles. The smallest absolute Gasteiger partial charge is 0.336 e. The van der Waals surface area contributed by atoms with Crippen LogP contribution in [0.4, 0.5) is 4.39 Å². The van der Waals surface area contributed by atoms with E-state index in [0.717, 1.165) is 6.07 Å². The Bertz CT molecular complexity index is 628. The van der Waals surface area contributed by atoms with Crippen molar-refractivity contribution in [3.63, 3.8) is 0 Å². The molecule has 0 aliphatic carbocycles. The van der Waals surface area contributed by atoms with Gasteiger partial charge in [-0.15, -0.1) is 0 Å². The Kier molecular flexibility index (Phi) is 3.68. The molecule has 18 heavy (non-hydrogen) atoms. The van der Waals surface area contributed by atoms with Gasteiger partial charge in [-0.2, -0.15) is 0 Å². The van der Waals surface area contributed by atoms with E-state index in [1.165, 1.54) is 18.2 Å². The number of rotatable bonds is 2. The molecule has 5 heteroatoms. The first-order valence-electron chi connectivity index (χ1n) is 4.97. The van der Waals surface area contributed by atoms with Gasteiger partial charge in [0, 0.05) is 15.1 Å². The highest BCUT2D eigenvalue weighted by Crippen LogP contribution is 2.30. The van der Waals surface area contributed by atoms with Crippen LogP contribution in [0.15, 0.2) is 40.9 Å². The summed E-state index contributed by atoms with van der Waals surface area (Å²) < 4.78 is 14.4. The summed E-state index contributed by atoms with van der Waals surface area (Å²) in [6.45, 7) is 0. The minimum Gasteiger partial charge on any atom is -0.478 e. The lowest BCUT2D eigenvalue weighted by Gasteiger charge is -2.08. The number of carboxylic acids is 1. The van der Waals surface area contributed by atoms with E-state index in [1.54, 1.807) is 12.1 Å². The Labute approximate surface area is 116 Å². The van der Waals surface area contributed by atoms with E-state index in [1.807, 2.05) is 0 Å². The molecule has 0 fully saturated rings. The summed E-state index contributed by atoms with van der Waals surface area (Å²) in [6.07, 6.45) is 0. The van der Waals surface area contributed by atoms with E-state index in [0.29, 0.717) is 10.0 Å². The monoisotopic (exact) mass is 328 g/mol. The van der Waals surface area contributed by atoms with E-state index in [9.17, 15) is 9.18 Å². The highest BCUT2D eigenvalue weighted by molar-refractivity contribution is 9.10. The lowest BCUT2D eigenvalue weighted by molar-refractivity contribution is 0.0697. The minimum absolute atomic E-state index is 0.0330. The Morgan fingerprint density at radius 3 is 2.44 bits per heavy atom.